The molecule has 0 aliphatic heterocycles. The van der Waals surface area contributed by atoms with Crippen molar-refractivity contribution in [2.45, 2.75) is 219 Å². The van der Waals surface area contributed by atoms with Crippen LogP contribution in [-0.2, 0) is 0 Å². The minimum absolute atomic E-state index is 0.807. The van der Waals surface area contributed by atoms with Gasteiger partial charge in [0.1, 0.15) is 4.32 Å². The highest BCUT2D eigenvalue weighted by Crippen LogP contribution is 2.16. The number of thiol groups is 1. The van der Waals surface area contributed by atoms with Crippen LogP contribution in [0, 0.1) is 0 Å². The molecule has 3 heteroatoms. The van der Waals surface area contributed by atoms with Gasteiger partial charge in [0.15, 0.2) is 0 Å². The maximum absolute atomic E-state index is 5.43. The Morgan fingerprint density at radius 3 is 0.700 bits per heavy atom. The van der Waals surface area contributed by atoms with Gasteiger partial charge in [-0.1, -0.05) is 219 Å². The molecule has 0 fully saturated rings. The lowest BCUT2D eigenvalue weighted by Crippen LogP contribution is -2.28. The SMILES string of the molecule is CCCCCCCCCCCCCCCCCCN(CCCCCCCCCCCCCCCCCC)C(=S)S. The van der Waals surface area contributed by atoms with Crippen molar-refractivity contribution in [3.05, 3.63) is 0 Å². The molecular weight excluding hydrogens is 523 g/mol. The molecule has 0 N–H and O–H groups in total. The van der Waals surface area contributed by atoms with Crippen molar-refractivity contribution in [1.82, 2.24) is 4.90 Å². The quantitative estimate of drug-likeness (QED) is 0.0446. The summed E-state index contributed by atoms with van der Waals surface area (Å²) in [5, 5.41) is 0. The molecule has 0 radical (unpaired) electrons. The van der Waals surface area contributed by atoms with Crippen molar-refractivity contribution in [3.63, 3.8) is 0 Å². The van der Waals surface area contributed by atoms with Gasteiger partial charge >= 0.3 is 0 Å². The minimum Gasteiger partial charge on any atom is -0.358 e. The monoisotopic (exact) mass is 598 g/mol. The smallest absolute Gasteiger partial charge is 0.133 e. The molecule has 0 aromatic carbocycles. The molecule has 40 heavy (non-hydrogen) atoms. The van der Waals surface area contributed by atoms with Gasteiger partial charge in [-0.05, 0) is 12.8 Å². The van der Waals surface area contributed by atoms with Crippen molar-refractivity contribution >= 4 is 29.2 Å². The van der Waals surface area contributed by atoms with Crippen LogP contribution in [0.1, 0.15) is 219 Å². The Morgan fingerprint density at radius 1 is 0.350 bits per heavy atom. The molecule has 0 aromatic heterocycles. The van der Waals surface area contributed by atoms with Gasteiger partial charge in [-0.25, -0.2) is 0 Å². The Balaban J connectivity index is 3.37. The molecular formula is C37H75NS2. The fraction of sp³-hybridized carbons (Fsp3) is 0.973. The zero-order valence-electron chi connectivity index (χ0n) is 27.8. The second kappa shape index (κ2) is 35.4. The van der Waals surface area contributed by atoms with Crippen molar-refractivity contribution in [3.8, 4) is 0 Å². The van der Waals surface area contributed by atoms with Crippen molar-refractivity contribution in [2.24, 2.45) is 0 Å². The number of unbranched alkanes of at least 4 members (excludes halogenated alkanes) is 30. The van der Waals surface area contributed by atoms with Crippen LogP contribution in [0.3, 0.4) is 0 Å². The van der Waals surface area contributed by atoms with E-state index in [0.717, 1.165) is 17.4 Å². The van der Waals surface area contributed by atoms with E-state index in [2.05, 4.69) is 31.4 Å². The summed E-state index contributed by atoms with van der Waals surface area (Å²) in [6, 6.07) is 0. The van der Waals surface area contributed by atoms with Crippen LogP contribution in [0.4, 0.5) is 0 Å². The highest BCUT2D eigenvalue weighted by molar-refractivity contribution is 8.10. The van der Waals surface area contributed by atoms with Gasteiger partial charge in [-0.15, -0.1) is 12.6 Å². The van der Waals surface area contributed by atoms with Gasteiger partial charge in [0.2, 0.25) is 0 Å². The third kappa shape index (κ3) is 32.8. The lowest BCUT2D eigenvalue weighted by molar-refractivity contribution is 0.394. The zero-order chi connectivity index (χ0) is 29.2. The van der Waals surface area contributed by atoms with E-state index < -0.39 is 0 Å². The molecule has 0 saturated heterocycles. The van der Waals surface area contributed by atoms with Crippen LogP contribution < -0.4 is 0 Å². The molecule has 0 aliphatic carbocycles. The second-order valence-corrected chi connectivity index (χ2v) is 14.0. The van der Waals surface area contributed by atoms with Crippen LogP contribution in [0.5, 0.6) is 0 Å². The molecule has 1 nitrogen and oxygen atoms in total. The maximum Gasteiger partial charge on any atom is 0.133 e. The highest BCUT2D eigenvalue weighted by Gasteiger charge is 2.06. The van der Waals surface area contributed by atoms with Crippen molar-refractivity contribution in [1.29, 1.82) is 0 Å². The molecule has 0 spiro atoms. The fourth-order valence-electron chi connectivity index (χ4n) is 6.00. The van der Waals surface area contributed by atoms with E-state index in [1.807, 2.05) is 0 Å². The summed E-state index contributed by atoms with van der Waals surface area (Å²) in [6.07, 6.45) is 45.6. The Hall–Kier alpha value is 0.240. The summed E-state index contributed by atoms with van der Waals surface area (Å²) >= 11 is 9.94. The number of hydrogen-bond acceptors (Lipinski definition) is 1. The molecule has 0 heterocycles. The molecule has 0 unspecified atom stereocenters. The lowest BCUT2D eigenvalue weighted by Gasteiger charge is -2.22. The third-order valence-corrected chi connectivity index (χ3v) is 9.37. The van der Waals surface area contributed by atoms with E-state index in [4.69, 9.17) is 12.2 Å². The van der Waals surface area contributed by atoms with Crippen molar-refractivity contribution in [2.75, 3.05) is 13.1 Å². The first-order valence-corrected chi connectivity index (χ1v) is 19.6. The number of nitrogens with zero attached hydrogens (tertiary/aromatic N) is 1. The van der Waals surface area contributed by atoms with Crippen LogP contribution in [0.2, 0.25) is 0 Å². The summed E-state index contributed by atoms with van der Waals surface area (Å²) in [4.78, 5) is 2.35. The van der Waals surface area contributed by atoms with E-state index >= 15 is 0 Å². The first kappa shape index (κ1) is 40.2. The largest absolute Gasteiger partial charge is 0.358 e. The fourth-order valence-corrected chi connectivity index (χ4v) is 6.39. The van der Waals surface area contributed by atoms with Gasteiger partial charge < -0.3 is 4.90 Å². The zero-order valence-corrected chi connectivity index (χ0v) is 29.6. The number of rotatable bonds is 34. The van der Waals surface area contributed by atoms with E-state index in [-0.39, 0.29) is 0 Å². The average Bonchev–Trinajstić information content (AvgIpc) is 2.95. The Morgan fingerprint density at radius 2 is 0.525 bits per heavy atom. The van der Waals surface area contributed by atoms with E-state index in [1.54, 1.807) is 0 Å². The van der Waals surface area contributed by atoms with Gasteiger partial charge in [0, 0.05) is 13.1 Å². The molecule has 0 bridgehead atoms. The average molecular weight is 598 g/mol. The number of hydrogen-bond donors (Lipinski definition) is 1. The van der Waals surface area contributed by atoms with E-state index in [0.29, 0.717) is 0 Å². The normalized spacial score (nSPS) is 11.4. The number of thiocarbonyl (C=S) groups is 1. The van der Waals surface area contributed by atoms with Crippen LogP contribution in [0.25, 0.3) is 0 Å². The second-order valence-electron chi connectivity index (χ2n) is 12.9. The van der Waals surface area contributed by atoms with E-state index in [9.17, 15) is 0 Å². The lowest BCUT2D eigenvalue weighted by atomic mass is 10.0. The van der Waals surface area contributed by atoms with Crippen LogP contribution >= 0.6 is 24.8 Å². The Kier molecular flexibility index (Phi) is 35.6. The Labute approximate surface area is 265 Å². The maximum atomic E-state index is 5.43. The predicted octanol–water partition coefficient (Wildman–Crippen LogP) is 14.0. The molecule has 0 amide bonds. The van der Waals surface area contributed by atoms with Gasteiger partial charge in [0.05, 0.1) is 0 Å². The standard InChI is InChI=1S/C37H75NS2/c1-3-5-7-9-11-13-15-17-19-21-23-25-27-29-31-33-35-38(37(39)40)36-34-32-30-28-26-24-22-20-18-16-14-12-10-8-6-4-2/h3-36H2,1-2H3,(H,39,40). The van der Waals surface area contributed by atoms with Crippen LogP contribution in [-0.4, -0.2) is 22.3 Å². The molecule has 0 atom stereocenters. The first-order valence-electron chi connectivity index (χ1n) is 18.7. The Bertz CT molecular complexity index is 445. The van der Waals surface area contributed by atoms with Gasteiger partial charge in [-0.2, -0.15) is 0 Å². The van der Waals surface area contributed by atoms with Crippen molar-refractivity contribution < 1.29 is 0 Å². The molecule has 0 rings (SSSR count). The molecule has 0 aromatic rings. The summed E-state index contributed by atoms with van der Waals surface area (Å²) in [5.41, 5.74) is 0. The van der Waals surface area contributed by atoms with E-state index in [1.165, 1.54) is 205 Å². The summed E-state index contributed by atoms with van der Waals surface area (Å²) in [7, 11) is 0. The summed E-state index contributed by atoms with van der Waals surface area (Å²) in [6.45, 7) is 6.82. The first-order chi connectivity index (χ1) is 19.7. The molecule has 240 valence electrons. The third-order valence-electron chi connectivity index (χ3n) is 8.83. The molecule has 0 aliphatic rings. The topological polar surface area (TPSA) is 3.24 Å². The summed E-state index contributed by atoms with van der Waals surface area (Å²) in [5.74, 6) is 0. The van der Waals surface area contributed by atoms with Gasteiger partial charge in [-0.3, -0.25) is 0 Å². The predicted molar refractivity (Wildman–Crippen MR) is 192 cm³/mol. The molecule has 0 saturated carbocycles. The highest BCUT2D eigenvalue weighted by atomic mass is 32.1. The summed E-state index contributed by atoms with van der Waals surface area (Å²) < 4.78 is 0.807. The minimum atomic E-state index is 0.807. The van der Waals surface area contributed by atoms with Gasteiger partial charge in [0.25, 0.3) is 0 Å². The van der Waals surface area contributed by atoms with Crippen LogP contribution in [0.15, 0.2) is 0 Å².